The average Bonchev–Trinajstić information content (AvgIpc) is 3.04. The van der Waals surface area contributed by atoms with Gasteiger partial charge in [-0.15, -0.1) is 0 Å². The van der Waals surface area contributed by atoms with Crippen molar-refractivity contribution in [2.45, 2.75) is 32.1 Å². The number of imidazole rings is 1. The van der Waals surface area contributed by atoms with E-state index < -0.39 is 0 Å². The minimum absolute atomic E-state index is 0.0552. The van der Waals surface area contributed by atoms with Crippen molar-refractivity contribution in [2.24, 2.45) is 7.05 Å². The van der Waals surface area contributed by atoms with Gasteiger partial charge in [0.1, 0.15) is 5.82 Å². The van der Waals surface area contributed by atoms with Crippen molar-refractivity contribution in [3.05, 3.63) is 48.3 Å². The van der Waals surface area contributed by atoms with Crippen LogP contribution in [0.1, 0.15) is 24.4 Å². The summed E-state index contributed by atoms with van der Waals surface area (Å²) >= 11 is 0. The number of pyridine rings is 1. The second-order valence-corrected chi connectivity index (χ2v) is 5.96. The van der Waals surface area contributed by atoms with Crippen molar-refractivity contribution in [3.8, 4) is 0 Å². The molecule has 2 aromatic heterocycles. The van der Waals surface area contributed by atoms with E-state index in [4.69, 9.17) is 4.74 Å². The first-order chi connectivity index (χ1) is 11.7. The molecule has 0 radical (unpaired) electrons. The summed E-state index contributed by atoms with van der Waals surface area (Å²) in [4.78, 5) is 22.6. The third kappa shape index (κ3) is 4.32. The lowest BCUT2D eigenvalue weighted by Gasteiger charge is -2.32. The number of ether oxygens (including phenoxy) is 1. The summed E-state index contributed by atoms with van der Waals surface area (Å²) in [6.07, 6.45) is 7.32. The molecule has 1 atom stereocenters. The van der Waals surface area contributed by atoms with E-state index in [2.05, 4.69) is 15.3 Å². The Bertz CT molecular complexity index is 658. The van der Waals surface area contributed by atoms with Gasteiger partial charge >= 0.3 is 6.03 Å². The van der Waals surface area contributed by atoms with Crippen molar-refractivity contribution in [1.82, 2.24) is 24.8 Å². The Morgan fingerprint density at radius 3 is 3.04 bits per heavy atom. The highest BCUT2D eigenvalue weighted by atomic mass is 16.5. The van der Waals surface area contributed by atoms with E-state index >= 15 is 0 Å². The minimum Gasteiger partial charge on any atom is -0.370 e. The molecule has 7 heteroatoms. The Labute approximate surface area is 141 Å². The lowest BCUT2D eigenvalue weighted by atomic mass is 10.1. The van der Waals surface area contributed by atoms with E-state index in [1.807, 2.05) is 40.9 Å². The Morgan fingerprint density at radius 1 is 1.38 bits per heavy atom. The molecule has 0 spiro atoms. The second kappa shape index (κ2) is 7.92. The smallest absolute Gasteiger partial charge is 0.317 e. The molecule has 2 aromatic rings. The van der Waals surface area contributed by atoms with Crippen LogP contribution in [0.4, 0.5) is 4.79 Å². The summed E-state index contributed by atoms with van der Waals surface area (Å²) in [5.74, 6) is 0.836. The monoisotopic (exact) mass is 329 g/mol. The fourth-order valence-electron chi connectivity index (χ4n) is 2.78. The maximum absolute atomic E-state index is 12.3. The number of urea groups is 1. The van der Waals surface area contributed by atoms with Crippen LogP contribution >= 0.6 is 0 Å². The predicted octanol–water partition coefficient (Wildman–Crippen LogP) is 1.71. The molecule has 2 amide bonds. The molecule has 1 saturated heterocycles. The molecule has 1 aliphatic rings. The third-order valence-electron chi connectivity index (χ3n) is 4.18. The van der Waals surface area contributed by atoms with Gasteiger partial charge in [-0.25, -0.2) is 9.78 Å². The Hall–Kier alpha value is -2.41. The van der Waals surface area contributed by atoms with Crippen molar-refractivity contribution in [3.63, 3.8) is 0 Å². The molecular formula is C17H23N5O2. The zero-order valence-electron chi connectivity index (χ0n) is 13.9. The van der Waals surface area contributed by atoms with Crippen molar-refractivity contribution in [1.29, 1.82) is 0 Å². The number of amides is 2. The molecule has 1 unspecified atom stereocenters. The molecule has 0 saturated carbocycles. The molecule has 1 N–H and O–H groups in total. The first kappa shape index (κ1) is 16.4. The molecule has 0 aliphatic carbocycles. The van der Waals surface area contributed by atoms with E-state index in [1.165, 1.54) is 0 Å². The number of aromatic nitrogens is 3. The fraction of sp³-hybridized carbons (Fsp3) is 0.471. The van der Waals surface area contributed by atoms with Gasteiger partial charge in [0.2, 0.25) is 0 Å². The summed E-state index contributed by atoms with van der Waals surface area (Å²) in [7, 11) is 1.91. The van der Waals surface area contributed by atoms with Gasteiger partial charge in [0.25, 0.3) is 0 Å². The first-order valence-electron chi connectivity index (χ1n) is 8.23. The number of rotatable bonds is 5. The van der Waals surface area contributed by atoms with Crippen LogP contribution < -0.4 is 5.32 Å². The van der Waals surface area contributed by atoms with Crippen molar-refractivity contribution < 1.29 is 9.53 Å². The summed E-state index contributed by atoms with van der Waals surface area (Å²) < 4.78 is 7.82. The zero-order valence-corrected chi connectivity index (χ0v) is 13.9. The standard InChI is InChI=1S/C17H23N5O2/c1-21-10-8-19-16(21)11-20-17(23)22-9-4-6-15(12-22)24-13-14-5-2-3-7-18-14/h2-3,5,7-8,10,15H,4,6,9,11-13H2,1H3,(H,20,23). The first-order valence-corrected chi connectivity index (χ1v) is 8.23. The fourth-order valence-corrected chi connectivity index (χ4v) is 2.78. The summed E-state index contributed by atoms with van der Waals surface area (Å²) in [5, 5.41) is 2.93. The van der Waals surface area contributed by atoms with Gasteiger partial charge in [-0.3, -0.25) is 4.98 Å². The minimum atomic E-state index is -0.0656. The number of carbonyl (C=O) groups is 1. The van der Waals surface area contributed by atoms with Gasteiger partial charge in [0.05, 0.1) is 24.9 Å². The highest BCUT2D eigenvalue weighted by Gasteiger charge is 2.24. The van der Waals surface area contributed by atoms with E-state index in [9.17, 15) is 4.79 Å². The van der Waals surface area contributed by atoms with E-state index in [0.29, 0.717) is 19.7 Å². The predicted molar refractivity (Wildman–Crippen MR) is 89.1 cm³/mol. The highest BCUT2D eigenvalue weighted by Crippen LogP contribution is 2.15. The number of carbonyl (C=O) groups excluding carboxylic acids is 1. The van der Waals surface area contributed by atoms with Crippen LogP contribution in [0.25, 0.3) is 0 Å². The number of hydrogen-bond acceptors (Lipinski definition) is 4. The molecule has 24 heavy (non-hydrogen) atoms. The normalized spacial score (nSPS) is 17.7. The number of likely N-dealkylation sites (tertiary alicyclic amines) is 1. The molecule has 0 aromatic carbocycles. The largest absolute Gasteiger partial charge is 0.370 e. The van der Waals surface area contributed by atoms with Crippen LogP contribution in [0.15, 0.2) is 36.8 Å². The van der Waals surface area contributed by atoms with Gasteiger partial charge in [0, 0.05) is 38.7 Å². The van der Waals surface area contributed by atoms with Crippen LogP contribution in [-0.2, 0) is 24.9 Å². The Balaban J connectivity index is 1.46. The molecule has 128 valence electrons. The summed E-state index contributed by atoms with van der Waals surface area (Å²) in [5.41, 5.74) is 0.911. The Kier molecular flexibility index (Phi) is 5.43. The molecule has 0 bridgehead atoms. The third-order valence-corrected chi connectivity index (χ3v) is 4.18. The number of aryl methyl sites for hydroxylation is 1. The van der Waals surface area contributed by atoms with E-state index in [0.717, 1.165) is 30.9 Å². The lowest BCUT2D eigenvalue weighted by Crippen LogP contribution is -2.47. The van der Waals surface area contributed by atoms with Crippen LogP contribution in [0.5, 0.6) is 0 Å². The molecule has 3 heterocycles. The lowest BCUT2D eigenvalue weighted by molar-refractivity contribution is -0.00170. The maximum atomic E-state index is 12.3. The zero-order chi connectivity index (χ0) is 16.8. The Morgan fingerprint density at radius 2 is 2.29 bits per heavy atom. The second-order valence-electron chi connectivity index (χ2n) is 5.96. The van der Waals surface area contributed by atoms with Crippen LogP contribution in [0.2, 0.25) is 0 Å². The van der Waals surface area contributed by atoms with E-state index in [-0.39, 0.29) is 12.1 Å². The summed E-state index contributed by atoms with van der Waals surface area (Å²) in [6, 6.07) is 5.71. The molecular weight excluding hydrogens is 306 g/mol. The number of piperidine rings is 1. The van der Waals surface area contributed by atoms with Gasteiger partial charge in [0.15, 0.2) is 0 Å². The van der Waals surface area contributed by atoms with Crippen molar-refractivity contribution in [2.75, 3.05) is 13.1 Å². The number of hydrogen-bond donors (Lipinski definition) is 1. The quantitative estimate of drug-likeness (QED) is 0.906. The summed E-state index contributed by atoms with van der Waals surface area (Å²) in [6.45, 7) is 2.28. The SMILES string of the molecule is Cn1ccnc1CNC(=O)N1CCCC(OCc2ccccn2)C1. The van der Waals surface area contributed by atoms with Gasteiger partial charge in [-0.05, 0) is 25.0 Å². The molecule has 1 fully saturated rings. The van der Waals surface area contributed by atoms with Gasteiger partial charge in [-0.2, -0.15) is 0 Å². The van der Waals surface area contributed by atoms with Gasteiger partial charge < -0.3 is 19.5 Å². The van der Waals surface area contributed by atoms with Crippen LogP contribution in [-0.4, -0.2) is 44.7 Å². The molecule has 7 nitrogen and oxygen atoms in total. The maximum Gasteiger partial charge on any atom is 0.317 e. The van der Waals surface area contributed by atoms with Crippen molar-refractivity contribution >= 4 is 6.03 Å². The highest BCUT2D eigenvalue weighted by molar-refractivity contribution is 5.74. The topological polar surface area (TPSA) is 72.3 Å². The molecule has 1 aliphatic heterocycles. The van der Waals surface area contributed by atoms with E-state index in [1.54, 1.807) is 12.4 Å². The molecule has 3 rings (SSSR count). The van der Waals surface area contributed by atoms with Crippen LogP contribution in [0, 0.1) is 0 Å². The van der Waals surface area contributed by atoms with Crippen LogP contribution in [0.3, 0.4) is 0 Å². The number of nitrogens with zero attached hydrogens (tertiary/aromatic N) is 4. The average molecular weight is 329 g/mol. The van der Waals surface area contributed by atoms with Gasteiger partial charge in [-0.1, -0.05) is 6.07 Å². The number of nitrogens with one attached hydrogen (secondary N) is 1.